The summed E-state index contributed by atoms with van der Waals surface area (Å²) in [5.74, 6) is 0.945. The van der Waals surface area contributed by atoms with Crippen LogP contribution in [0.3, 0.4) is 0 Å². The first-order chi connectivity index (χ1) is 6.33. The second-order valence-corrected chi connectivity index (χ2v) is 4.32. The molecule has 2 N–H and O–H groups in total. The van der Waals surface area contributed by atoms with E-state index >= 15 is 0 Å². The van der Waals surface area contributed by atoms with E-state index in [0.29, 0.717) is 0 Å². The Hall–Kier alpha value is -0.0800. The molecule has 2 nitrogen and oxygen atoms in total. The van der Waals surface area contributed by atoms with Gasteiger partial charge in [0.15, 0.2) is 0 Å². The lowest BCUT2D eigenvalue weighted by molar-refractivity contribution is 0.492. The Kier molecular flexibility index (Phi) is 5.40. The summed E-state index contributed by atoms with van der Waals surface area (Å²) >= 11 is 0. The zero-order chi connectivity index (χ0) is 9.52. The molecule has 1 aliphatic carbocycles. The van der Waals surface area contributed by atoms with Crippen molar-refractivity contribution in [3.63, 3.8) is 0 Å². The molecule has 2 unspecified atom stereocenters. The van der Waals surface area contributed by atoms with Crippen LogP contribution >= 0.6 is 0 Å². The van der Waals surface area contributed by atoms with E-state index in [1.165, 1.54) is 25.7 Å². The van der Waals surface area contributed by atoms with Crippen molar-refractivity contribution in [2.45, 2.75) is 45.6 Å². The molecule has 0 aromatic rings. The van der Waals surface area contributed by atoms with E-state index < -0.39 is 0 Å². The van der Waals surface area contributed by atoms with E-state index in [0.717, 1.165) is 31.6 Å². The van der Waals surface area contributed by atoms with Crippen molar-refractivity contribution in [1.29, 1.82) is 0 Å². The van der Waals surface area contributed by atoms with Crippen LogP contribution < -0.4 is 10.6 Å². The monoisotopic (exact) mass is 184 g/mol. The van der Waals surface area contributed by atoms with Crippen LogP contribution in [-0.4, -0.2) is 25.7 Å². The summed E-state index contributed by atoms with van der Waals surface area (Å²) in [7, 11) is 0. The molecule has 0 radical (unpaired) electrons. The molecular formula is C11H24N2. The van der Waals surface area contributed by atoms with Crippen LogP contribution in [0.5, 0.6) is 0 Å². The zero-order valence-corrected chi connectivity index (χ0v) is 9.10. The van der Waals surface area contributed by atoms with Gasteiger partial charge in [0.05, 0.1) is 0 Å². The Balaban J connectivity index is 1.88. The van der Waals surface area contributed by atoms with Gasteiger partial charge in [0.25, 0.3) is 0 Å². The topological polar surface area (TPSA) is 24.1 Å². The maximum Gasteiger partial charge on any atom is 0.00793 e. The molecule has 0 bridgehead atoms. The van der Waals surface area contributed by atoms with E-state index in [-0.39, 0.29) is 0 Å². The van der Waals surface area contributed by atoms with Crippen LogP contribution in [0.4, 0.5) is 0 Å². The van der Waals surface area contributed by atoms with Crippen molar-refractivity contribution in [2.75, 3.05) is 19.6 Å². The Morgan fingerprint density at radius 3 is 2.62 bits per heavy atom. The van der Waals surface area contributed by atoms with Gasteiger partial charge in [-0.05, 0) is 38.1 Å². The van der Waals surface area contributed by atoms with Crippen molar-refractivity contribution in [2.24, 2.45) is 5.92 Å². The molecule has 0 heterocycles. The maximum absolute atomic E-state index is 3.61. The van der Waals surface area contributed by atoms with Crippen molar-refractivity contribution in [3.8, 4) is 0 Å². The summed E-state index contributed by atoms with van der Waals surface area (Å²) in [6.45, 7) is 7.98. The van der Waals surface area contributed by atoms with Gasteiger partial charge >= 0.3 is 0 Å². The molecule has 0 aliphatic heterocycles. The molecular weight excluding hydrogens is 160 g/mol. The second-order valence-electron chi connectivity index (χ2n) is 4.32. The minimum absolute atomic E-state index is 0.804. The molecule has 2 atom stereocenters. The standard InChI is InChI=1S/C11H24N2/c1-3-6-12-7-8-13-11-5-4-10(2)9-11/h10-13H,3-9H2,1-2H3. The molecule has 13 heavy (non-hydrogen) atoms. The molecule has 0 spiro atoms. The first kappa shape index (κ1) is 11.0. The summed E-state index contributed by atoms with van der Waals surface area (Å²) in [6.07, 6.45) is 5.42. The third-order valence-electron chi connectivity index (χ3n) is 2.86. The van der Waals surface area contributed by atoms with Crippen LogP contribution in [0.15, 0.2) is 0 Å². The van der Waals surface area contributed by atoms with Gasteiger partial charge in [-0.25, -0.2) is 0 Å². The highest BCUT2D eigenvalue weighted by atomic mass is 15.0. The summed E-state index contributed by atoms with van der Waals surface area (Å²) in [5.41, 5.74) is 0. The van der Waals surface area contributed by atoms with Crippen LogP contribution in [-0.2, 0) is 0 Å². The smallest absolute Gasteiger partial charge is 0.00793 e. The van der Waals surface area contributed by atoms with Gasteiger partial charge in [-0.2, -0.15) is 0 Å². The molecule has 0 saturated heterocycles. The van der Waals surface area contributed by atoms with Crippen LogP contribution in [0.1, 0.15) is 39.5 Å². The Morgan fingerprint density at radius 1 is 1.15 bits per heavy atom. The fourth-order valence-electron chi connectivity index (χ4n) is 2.06. The van der Waals surface area contributed by atoms with Gasteiger partial charge in [-0.1, -0.05) is 13.8 Å². The van der Waals surface area contributed by atoms with E-state index in [4.69, 9.17) is 0 Å². The van der Waals surface area contributed by atoms with E-state index in [1.54, 1.807) is 0 Å². The van der Waals surface area contributed by atoms with Crippen molar-refractivity contribution in [1.82, 2.24) is 10.6 Å². The molecule has 1 rings (SSSR count). The van der Waals surface area contributed by atoms with E-state index in [2.05, 4.69) is 24.5 Å². The van der Waals surface area contributed by atoms with Crippen LogP contribution in [0.25, 0.3) is 0 Å². The zero-order valence-electron chi connectivity index (χ0n) is 9.10. The minimum atomic E-state index is 0.804. The highest BCUT2D eigenvalue weighted by molar-refractivity contribution is 4.78. The van der Waals surface area contributed by atoms with Crippen molar-refractivity contribution < 1.29 is 0 Å². The summed E-state index contributed by atoms with van der Waals surface area (Å²) in [4.78, 5) is 0. The molecule has 2 heteroatoms. The molecule has 78 valence electrons. The quantitative estimate of drug-likeness (QED) is 0.615. The van der Waals surface area contributed by atoms with Gasteiger partial charge in [-0.3, -0.25) is 0 Å². The lowest BCUT2D eigenvalue weighted by Crippen LogP contribution is -2.33. The fraction of sp³-hybridized carbons (Fsp3) is 1.00. The predicted octanol–water partition coefficient (Wildman–Crippen LogP) is 1.76. The average Bonchev–Trinajstić information content (AvgIpc) is 2.51. The minimum Gasteiger partial charge on any atom is -0.315 e. The third kappa shape index (κ3) is 4.63. The Bertz CT molecular complexity index is 125. The van der Waals surface area contributed by atoms with Gasteiger partial charge in [0.2, 0.25) is 0 Å². The predicted molar refractivity (Wildman–Crippen MR) is 58.0 cm³/mol. The Morgan fingerprint density at radius 2 is 2.00 bits per heavy atom. The molecule has 0 amide bonds. The van der Waals surface area contributed by atoms with Gasteiger partial charge in [0, 0.05) is 19.1 Å². The maximum atomic E-state index is 3.61. The largest absolute Gasteiger partial charge is 0.315 e. The lowest BCUT2D eigenvalue weighted by atomic mass is 10.1. The number of hydrogen-bond acceptors (Lipinski definition) is 2. The lowest BCUT2D eigenvalue weighted by Gasteiger charge is -2.12. The first-order valence-corrected chi connectivity index (χ1v) is 5.77. The molecule has 0 aromatic carbocycles. The summed E-state index contributed by atoms with van der Waals surface area (Å²) in [5, 5.41) is 7.02. The van der Waals surface area contributed by atoms with E-state index in [9.17, 15) is 0 Å². The third-order valence-corrected chi connectivity index (χ3v) is 2.86. The van der Waals surface area contributed by atoms with Gasteiger partial charge in [-0.15, -0.1) is 0 Å². The van der Waals surface area contributed by atoms with Crippen molar-refractivity contribution >= 4 is 0 Å². The average molecular weight is 184 g/mol. The van der Waals surface area contributed by atoms with Crippen molar-refractivity contribution in [3.05, 3.63) is 0 Å². The highest BCUT2D eigenvalue weighted by Gasteiger charge is 2.19. The molecule has 1 aliphatic rings. The second kappa shape index (κ2) is 6.39. The molecule has 1 fully saturated rings. The van der Waals surface area contributed by atoms with E-state index in [1.807, 2.05) is 0 Å². The summed E-state index contributed by atoms with van der Waals surface area (Å²) < 4.78 is 0. The SMILES string of the molecule is CCCNCCNC1CCC(C)C1. The molecule has 1 saturated carbocycles. The number of hydrogen-bond donors (Lipinski definition) is 2. The van der Waals surface area contributed by atoms with Gasteiger partial charge < -0.3 is 10.6 Å². The molecule has 0 aromatic heterocycles. The van der Waals surface area contributed by atoms with Crippen LogP contribution in [0, 0.1) is 5.92 Å². The summed E-state index contributed by atoms with van der Waals surface area (Å²) in [6, 6.07) is 0.804. The normalized spacial score (nSPS) is 28.2. The van der Waals surface area contributed by atoms with Crippen LogP contribution in [0.2, 0.25) is 0 Å². The fourth-order valence-corrected chi connectivity index (χ4v) is 2.06. The Labute approximate surface area is 82.5 Å². The highest BCUT2D eigenvalue weighted by Crippen LogP contribution is 2.24. The number of nitrogens with one attached hydrogen (secondary N) is 2. The first-order valence-electron chi connectivity index (χ1n) is 5.77. The van der Waals surface area contributed by atoms with Gasteiger partial charge in [0.1, 0.15) is 0 Å². The number of rotatable bonds is 6.